The van der Waals surface area contributed by atoms with Gasteiger partial charge >= 0.3 is 0 Å². The van der Waals surface area contributed by atoms with Gasteiger partial charge in [-0.15, -0.1) is 0 Å². The molecule has 2 amide bonds. The lowest BCUT2D eigenvalue weighted by Gasteiger charge is -2.15. The van der Waals surface area contributed by atoms with E-state index in [0.717, 1.165) is 39.0 Å². The summed E-state index contributed by atoms with van der Waals surface area (Å²) < 4.78 is 6.32. The topological polar surface area (TPSA) is 58.6 Å². The smallest absolute Gasteiger partial charge is 0.285 e. The van der Waals surface area contributed by atoms with Crippen molar-refractivity contribution in [3.8, 4) is 5.75 Å². The summed E-state index contributed by atoms with van der Waals surface area (Å²) in [6, 6.07) is 22.7. The van der Waals surface area contributed by atoms with Gasteiger partial charge in [-0.1, -0.05) is 71.9 Å². The van der Waals surface area contributed by atoms with Crippen molar-refractivity contribution in [2.45, 2.75) is 20.5 Å². The Bertz CT molecular complexity index is 1250. The van der Waals surface area contributed by atoms with Gasteiger partial charge in [0.1, 0.15) is 12.4 Å². The summed E-state index contributed by atoms with van der Waals surface area (Å²) in [5.74, 6) is -0.108. The number of nitrogens with one attached hydrogen (secondary N) is 1. The molecule has 0 radical (unpaired) electrons. The van der Waals surface area contributed by atoms with Gasteiger partial charge < -0.3 is 4.74 Å². The lowest BCUT2D eigenvalue weighted by molar-refractivity contribution is -0.123. The van der Waals surface area contributed by atoms with E-state index in [1.807, 2.05) is 74.5 Å². The third-order valence-electron chi connectivity index (χ3n) is 5.17. The Morgan fingerprint density at radius 1 is 1.03 bits per heavy atom. The molecule has 1 aliphatic rings. The number of aryl methyl sites for hydroxylation is 2. The van der Waals surface area contributed by atoms with E-state index >= 15 is 0 Å². The van der Waals surface area contributed by atoms with Crippen LogP contribution in [0, 0.1) is 13.8 Å². The quantitative estimate of drug-likeness (QED) is 0.381. The molecule has 0 saturated carbocycles. The zero-order valence-electron chi connectivity index (χ0n) is 18.2. The molecular formula is C26H22N2O3S2. The Morgan fingerprint density at radius 2 is 1.73 bits per heavy atom. The Morgan fingerprint density at radius 3 is 2.48 bits per heavy atom. The maximum Gasteiger partial charge on any atom is 0.285 e. The third-order valence-corrected chi connectivity index (χ3v) is 6.47. The molecule has 0 spiro atoms. The van der Waals surface area contributed by atoms with E-state index < -0.39 is 5.91 Å². The van der Waals surface area contributed by atoms with E-state index in [2.05, 4.69) is 5.43 Å². The Labute approximate surface area is 202 Å². The third kappa shape index (κ3) is 5.32. The van der Waals surface area contributed by atoms with Crippen LogP contribution in [-0.2, 0) is 11.4 Å². The summed E-state index contributed by atoms with van der Waals surface area (Å²) in [6.45, 7) is 4.41. The van der Waals surface area contributed by atoms with Crippen LogP contribution in [0.1, 0.15) is 32.6 Å². The second-order valence-corrected chi connectivity index (χ2v) is 9.25. The number of rotatable bonds is 6. The van der Waals surface area contributed by atoms with Gasteiger partial charge in [0, 0.05) is 11.1 Å². The summed E-state index contributed by atoms with van der Waals surface area (Å²) in [6.07, 6.45) is 1.74. The normalized spacial score (nSPS) is 14.6. The second kappa shape index (κ2) is 10.0. The van der Waals surface area contributed by atoms with Crippen molar-refractivity contribution in [1.82, 2.24) is 10.4 Å². The average Bonchev–Trinajstić information content (AvgIpc) is 3.07. The number of hydrazine groups is 1. The lowest BCUT2D eigenvalue weighted by Crippen LogP contribution is -2.44. The number of benzene rings is 3. The molecule has 4 rings (SSSR count). The SMILES string of the molecule is Cc1ccc(C(=O)NN2C(=O)/C(=C\c3ccccc3OCc3ccccc3C)SC2=S)cc1. The summed E-state index contributed by atoms with van der Waals surface area (Å²) in [4.78, 5) is 25.9. The first-order chi connectivity index (χ1) is 15.9. The van der Waals surface area contributed by atoms with Crippen LogP contribution in [0.3, 0.4) is 0 Å². The number of carbonyl (C=O) groups is 2. The van der Waals surface area contributed by atoms with Crippen molar-refractivity contribution in [3.05, 3.63) is 106 Å². The minimum Gasteiger partial charge on any atom is -0.488 e. The molecule has 1 saturated heterocycles. The molecule has 33 heavy (non-hydrogen) atoms. The molecule has 0 bridgehead atoms. The number of hydrogen-bond donors (Lipinski definition) is 1. The highest BCUT2D eigenvalue weighted by atomic mass is 32.2. The minimum atomic E-state index is -0.394. The van der Waals surface area contributed by atoms with Gasteiger partial charge in [0.2, 0.25) is 0 Å². The molecule has 1 aliphatic heterocycles. The fourth-order valence-electron chi connectivity index (χ4n) is 3.24. The molecule has 7 heteroatoms. The number of para-hydroxylation sites is 1. The Balaban J connectivity index is 1.50. The van der Waals surface area contributed by atoms with Crippen LogP contribution in [0.4, 0.5) is 0 Å². The zero-order chi connectivity index (χ0) is 23.4. The number of carbonyl (C=O) groups excluding carboxylic acids is 2. The minimum absolute atomic E-state index is 0.269. The molecule has 0 unspecified atom stereocenters. The molecule has 166 valence electrons. The van der Waals surface area contributed by atoms with E-state index in [4.69, 9.17) is 17.0 Å². The molecular weight excluding hydrogens is 452 g/mol. The fraction of sp³-hybridized carbons (Fsp3) is 0.115. The van der Waals surface area contributed by atoms with Crippen molar-refractivity contribution in [2.75, 3.05) is 0 Å². The molecule has 1 fully saturated rings. The second-order valence-electron chi connectivity index (χ2n) is 7.58. The van der Waals surface area contributed by atoms with Crippen LogP contribution in [0.15, 0.2) is 77.7 Å². The van der Waals surface area contributed by atoms with Crippen molar-refractivity contribution < 1.29 is 14.3 Å². The van der Waals surface area contributed by atoms with Gasteiger partial charge in [0.05, 0.1) is 4.91 Å². The van der Waals surface area contributed by atoms with E-state index in [1.165, 1.54) is 0 Å². The molecule has 5 nitrogen and oxygen atoms in total. The van der Waals surface area contributed by atoms with Crippen LogP contribution in [-0.4, -0.2) is 21.1 Å². The van der Waals surface area contributed by atoms with E-state index in [9.17, 15) is 9.59 Å². The number of nitrogens with zero attached hydrogens (tertiary/aromatic N) is 1. The van der Waals surface area contributed by atoms with Crippen LogP contribution >= 0.6 is 24.0 Å². The molecule has 1 heterocycles. The average molecular weight is 475 g/mol. The summed E-state index contributed by atoms with van der Waals surface area (Å²) in [5.41, 5.74) is 7.11. The van der Waals surface area contributed by atoms with Crippen molar-refractivity contribution >= 4 is 46.2 Å². The van der Waals surface area contributed by atoms with Gasteiger partial charge in [-0.25, -0.2) is 0 Å². The highest BCUT2D eigenvalue weighted by molar-refractivity contribution is 8.26. The highest BCUT2D eigenvalue weighted by Crippen LogP contribution is 2.33. The summed E-state index contributed by atoms with van der Waals surface area (Å²) in [5, 5.41) is 1.12. The first kappa shape index (κ1) is 22.8. The molecule has 3 aromatic carbocycles. The largest absolute Gasteiger partial charge is 0.488 e. The fourth-order valence-corrected chi connectivity index (χ4v) is 4.41. The zero-order valence-corrected chi connectivity index (χ0v) is 19.8. The number of ether oxygens (including phenoxy) is 1. The molecule has 1 N–H and O–H groups in total. The van der Waals surface area contributed by atoms with Gasteiger partial charge in [-0.2, -0.15) is 5.01 Å². The van der Waals surface area contributed by atoms with Crippen molar-refractivity contribution in [3.63, 3.8) is 0 Å². The lowest BCUT2D eigenvalue weighted by atomic mass is 10.1. The molecule has 0 atom stereocenters. The van der Waals surface area contributed by atoms with Crippen LogP contribution in [0.25, 0.3) is 6.08 Å². The van der Waals surface area contributed by atoms with Gasteiger partial charge in [-0.05, 0) is 61.5 Å². The van der Waals surface area contributed by atoms with E-state index in [-0.39, 0.29) is 10.2 Å². The maximum absolute atomic E-state index is 13.0. The standard InChI is InChI=1S/C26H22N2O3S2/c1-17-11-13-19(14-12-17)24(29)27-28-25(30)23(33-26(28)32)15-20-8-5-6-10-22(20)31-16-21-9-4-3-7-18(21)2/h3-15H,16H2,1-2H3,(H,27,29)/b23-15+. The van der Waals surface area contributed by atoms with Crippen LogP contribution in [0.2, 0.25) is 0 Å². The Hall–Kier alpha value is -3.42. The predicted molar refractivity (Wildman–Crippen MR) is 136 cm³/mol. The Kier molecular flexibility index (Phi) is 6.91. The van der Waals surface area contributed by atoms with Gasteiger partial charge in [-0.3, -0.25) is 15.0 Å². The first-order valence-electron chi connectivity index (χ1n) is 10.3. The maximum atomic E-state index is 13.0. The number of amides is 2. The van der Waals surface area contributed by atoms with Gasteiger partial charge in [0.15, 0.2) is 4.32 Å². The van der Waals surface area contributed by atoms with Crippen LogP contribution < -0.4 is 10.2 Å². The van der Waals surface area contributed by atoms with Crippen molar-refractivity contribution in [1.29, 1.82) is 0 Å². The number of thioether (sulfide) groups is 1. The summed E-state index contributed by atoms with van der Waals surface area (Å²) in [7, 11) is 0. The number of thiocarbonyl (C=S) groups is 1. The molecule has 3 aromatic rings. The first-order valence-corrected chi connectivity index (χ1v) is 11.6. The number of hydrogen-bond acceptors (Lipinski definition) is 5. The van der Waals surface area contributed by atoms with E-state index in [1.54, 1.807) is 18.2 Å². The van der Waals surface area contributed by atoms with Gasteiger partial charge in [0.25, 0.3) is 11.8 Å². The predicted octanol–water partition coefficient (Wildman–Crippen LogP) is 5.43. The molecule has 0 aromatic heterocycles. The summed E-state index contributed by atoms with van der Waals surface area (Å²) >= 11 is 6.48. The highest BCUT2D eigenvalue weighted by Gasteiger charge is 2.34. The van der Waals surface area contributed by atoms with Crippen molar-refractivity contribution in [2.24, 2.45) is 0 Å². The van der Waals surface area contributed by atoms with E-state index in [0.29, 0.717) is 22.8 Å². The van der Waals surface area contributed by atoms with Crippen LogP contribution in [0.5, 0.6) is 5.75 Å². The monoisotopic (exact) mass is 474 g/mol. The molecule has 0 aliphatic carbocycles.